The highest BCUT2D eigenvalue weighted by Gasteiger charge is 2.23. The summed E-state index contributed by atoms with van der Waals surface area (Å²) in [7, 11) is 0. The summed E-state index contributed by atoms with van der Waals surface area (Å²) in [4.78, 5) is 26.4. The highest BCUT2D eigenvalue weighted by molar-refractivity contribution is 6.39. The normalized spacial score (nSPS) is 15.5. The Balaban J connectivity index is 1.81. The first-order valence-electron chi connectivity index (χ1n) is 8.59. The fourth-order valence-electron chi connectivity index (χ4n) is 2.73. The molecule has 0 aliphatic carbocycles. The van der Waals surface area contributed by atoms with Crippen molar-refractivity contribution in [2.24, 2.45) is 0 Å². The molecule has 6 heteroatoms. The predicted octanol–water partition coefficient (Wildman–Crippen LogP) is 2.62. The van der Waals surface area contributed by atoms with E-state index >= 15 is 0 Å². The molecule has 1 aromatic rings. The zero-order chi connectivity index (χ0) is 18.4. The zero-order valence-corrected chi connectivity index (χ0v) is 15.1. The third kappa shape index (κ3) is 5.98. The van der Waals surface area contributed by atoms with Crippen LogP contribution in [0.15, 0.2) is 29.8 Å². The number of carbonyl (C=O) groups excluding carboxylic acids is 2. The highest BCUT2D eigenvalue weighted by atomic mass is 19.1. The minimum Gasteiger partial charge on any atom is -0.345 e. The Kier molecular flexibility index (Phi) is 6.70. The molecule has 1 saturated heterocycles. The molecule has 1 heterocycles. The molecule has 1 aliphatic rings. The van der Waals surface area contributed by atoms with Crippen molar-refractivity contribution < 1.29 is 14.0 Å². The van der Waals surface area contributed by atoms with Crippen LogP contribution < -0.4 is 10.6 Å². The number of nitrogens with one attached hydrogen (secondary N) is 2. The molecule has 5 nitrogen and oxygen atoms in total. The lowest BCUT2D eigenvalue weighted by Crippen LogP contribution is -2.47. The van der Waals surface area contributed by atoms with Gasteiger partial charge in [-0.3, -0.25) is 14.5 Å². The van der Waals surface area contributed by atoms with Crippen LogP contribution in [-0.4, -0.2) is 42.4 Å². The van der Waals surface area contributed by atoms with Gasteiger partial charge in [0.25, 0.3) is 0 Å². The third-order valence-electron chi connectivity index (χ3n) is 4.33. The van der Waals surface area contributed by atoms with Crippen LogP contribution in [0.1, 0.15) is 32.3 Å². The van der Waals surface area contributed by atoms with Crippen LogP contribution in [0.25, 0.3) is 0 Å². The predicted molar refractivity (Wildman–Crippen MR) is 96.8 cm³/mol. The summed E-state index contributed by atoms with van der Waals surface area (Å²) >= 11 is 0. The maximum atomic E-state index is 13.3. The summed E-state index contributed by atoms with van der Waals surface area (Å²) in [6.45, 7) is 8.59. The fourth-order valence-corrected chi connectivity index (χ4v) is 2.73. The monoisotopic (exact) mass is 347 g/mol. The summed E-state index contributed by atoms with van der Waals surface area (Å²) in [5.74, 6) is -1.89. The first-order valence-corrected chi connectivity index (χ1v) is 8.59. The number of anilines is 1. The SMILES string of the molecule is CC(C)=CCN1CCC(NC(=O)C(=O)Nc2cc(F)ccc2C)CC1. The number of likely N-dealkylation sites (tertiary alicyclic amines) is 1. The minimum atomic E-state index is -0.763. The highest BCUT2D eigenvalue weighted by Crippen LogP contribution is 2.16. The quantitative estimate of drug-likeness (QED) is 0.650. The topological polar surface area (TPSA) is 61.4 Å². The molecule has 2 rings (SSSR count). The van der Waals surface area contributed by atoms with E-state index in [9.17, 15) is 14.0 Å². The van der Waals surface area contributed by atoms with Gasteiger partial charge < -0.3 is 10.6 Å². The van der Waals surface area contributed by atoms with E-state index in [1.54, 1.807) is 13.0 Å². The lowest BCUT2D eigenvalue weighted by molar-refractivity contribution is -0.136. The van der Waals surface area contributed by atoms with Gasteiger partial charge in [-0.25, -0.2) is 4.39 Å². The molecule has 0 spiro atoms. The van der Waals surface area contributed by atoms with Gasteiger partial charge >= 0.3 is 11.8 Å². The fraction of sp³-hybridized carbons (Fsp3) is 0.474. The molecule has 1 aliphatic heterocycles. The van der Waals surface area contributed by atoms with E-state index in [-0.39, 0.29) is 6.04 Å². The molecule has 0 atom stereocenters. The van der Waals surface area contributed by atoms with Gasteiger partial charge in [-0.2, -0.15) is 0 Å². The van der Waals surface area contributed by atoms with Gasteiger partial charge in [0.15, 0.2) is 0 Å². The van der Waals surface area contributed by atoms with E-state index in [4.69, 9.17) is 0 Å². The van der Waals surface area contributed by atoms with Gasteiger partial charge in [0, 0.05) is 31.4 Å². The van der Waals surface area contributed by atoms with Crippen LogP contribution in [-0.2, 0) is 9.59 Å². The minimum absolute atomic E-state index is 0.00481. The summed E-state index contributed by atoms with van der Waals surface area (Å²) in [5, 5.41) is 5.24. The van der Waals surface area contributed by atoms with Gasteiger partial charge in [-0.05, 0) is 51.3 Å². The number of hydrogen-bond acceptors (Lipinski definition) is 3. The Morgan fingerprint density at radius 2 is 1.92 bits per heavy atom. The molecule has 25 heavy (non-hydrogen) atoms. The first kappa shape index (κ1) is 19.1. The average Bonchev–Trinajstić information content (AvgIpc) is 2.57. The standard InChI is InChI=1S/C19H26FN3O2/c1-13(2)6-9-23-10-7-16(8-11-23)21-18(24)19(25)22-17-12-15(20)5-4-14(17)3/h4-6,12,16H,7-11H2,1-3H3,(H,21,24)(H,22,25). The first-order chi connectivity index (χ1) is 11.8. The Morgan fingerprint density at radius 1 is 1.24 bits per heavy atom. The van der Waals surface area contributed by atoms with Crippen molar-refractivity contribution in [2.75, 3.05) is 25.0 Å². The molecule has 0 radical (unpaired) electrons. The second kappa shape index (κ2) is 8.76. The lowest BCUT2D eigenvalue weighted by Gasteiger charge is -2.31. The second-order valence-corrected chi connectivity index (χ2v) is 6.74. The maximum absolute atomic E-state index is 13.3. The molecule has 2 amide bonds. The number of benzene rings is 1. The molecule has 1 aromatic carbocycles. The van der Waals surface area contributed by atoms with Crippen molar-refractivity contribution in [1.82, 2.24) is 10.2 Å². The van der Waals surface area contributed by atoms with E-state index in [1.807, 2.05) is 0 Å². The van der Waals surface area contributed by atoms with Crippen LogP contribution in [0.4, 0.5) is 10.1 Å². The van der Waals surface area contributed by atoms with Gasteiger partial charge in [0.1, 0.15) is 5.82 Å². The molecular formula is C19H26FN3O2. The third-order valence-corrected chi connectivity index (χ3v) is 4.33. The summed E-state index contributed by atoms with van der Waals surface area (Å²) < 4.78 is 13.3. The largest absolute Gasteiger partial charge is 0.345 e. The van der Waals surface area contributed by atoms with E-state index in [0.29, 0.717) is 11.3 Å². The van der Waals surface area contributed by atoms with Gasteiger partial charge in [-0.1, -0.05) is 17.7 Å². The van der Waals surface area contributed by atoms with E-state index in [1.165, 1.54) is 17.7 Å². The van der Waals surface area contributed by atoms with Crippen LogP contribution >= 0.6 is 0 Å². The van der Waals surface area contributed by atoms with E-state index in [0.717, 1.165) is 32.5 Å². The number of halogens is 1. The average molecular weight is 347 g/mol. The summed E-state index contributed by atoms with van der Waals surface area (Å²) in [5.41, 5.74) is 2.31. The molecule has 2 N–H and O–H groups in total. The molecule has 1 fully saturated rings. The number of piperidine rings is 1. The van der Waals surface area contributed by atoms with Crippen molar-refractivity contribution in [2.45, 2.75) is 39.7 Å². The summed E-state index contributed by atoms with van der Waals surface area (Å²) in [6.07, 6.45) is 3.82. The van der Waals surface area contributed by atoms with Crippen molar-refractivity contribution in [3.05, 3.63) is 41.2 Å². The number of nitrogens with zero attached hydrogens (tertiary/aromatic N) is 1. The van der Waals surface area contributed by atoms with Crippen molar-refractivity contribution in [3.63, 3.8) is 0 Å². The molecule has 136 valence electrons. The van der Waals surface area contributed by atoms with Crippen LogP contribution in [0.2, 0.25) is 0 Å². The zero-order valence-electron chi connectivity index (χ0n) is 15.1. The number of amides is 2. The summed E-state index contributed by atoms with van der Waals surface area (Å²) in [6, 6.07) is 4.08. The smallest absolute Gasteiger partial charge is 0.313 e. The number of allylic oxidation sites excluding steroid dienone is 1. The number of carbonyl (C=O) groups is 2. The molecule has 0 bridgehead atoms. The molecule has 0 unspecified atom stereocenters. The van der Waals surface area contributed by atoms with Crippen molar-refractivity contribution in [1.29, 1.82) is 0 Å². The Labute approximate surface area is 148 Å². The second-order valence-electron chi connectivity index (χ2n) is 6.74. The Hall–Kier alpha value is -2.21. The van der Waals surface area contributed by atoms with E-state index < -0.39 is 17.6 Å². The van der Waals surface area contributed by atoms with Gasteiger partial charge in [0.05, 0.1) is 0 Å². The van der Waals surface area contributed by atoms with Crippen LogP contribution in [0, 0.1) is 12.7 Å². The maximum Gasteiger partial charge on any atom is 0.313 e. The Bertz CT molecular complexity index is 661. The molecule has 0 aromatic heterocycles. The van der Waals surface area contributed by atoms with Gasteiger partial charge in [0.2, 0.25) is 0 Å². The van der Waals surface area contributed by atoms with E-state index in [2.05, 4.69) is 35.5 Å². The van der Waals surface area contributed by atoms with Crippen molar-refractivity contribution >= 4 is 17.5 Å². The molecule has 0 saturated carbocycles. The molecular weight excluding hydrogens is 321 g/mol. The van der Waals surface area contributed by atoms with Gasteiger partial charge in [-0.15, -0.1) is 0 Å². The lowest BCUT2D eigenvalue weighted by atomic mass is 10.0. The van der Waals surface area contributed by atoms with Crippen molar-refractivity contribution in [3.8, 4) is 0 Å². The number of hydrogen-bond donors (Lipinski definition) is 2. The van der Waals surface area contributed by atoms with Crippen LogP contribution in [0.5, 0.6) is 0 Å². The number of aryl methyl sites for hydroxylation is 1. The Morgan fingerprint density at radius 3 is 2.56 bits per heavy atom. The van der Waals surface area contributed by atoms with Crippen LogP contribution in [0.3, 0.4) is 0 Å². The number of rotatable bonds is 4.